The quantitative estimate of drug-likeness (QED) is 0.494. The largest absolute Gasteiger partial charge is 0.506 e. The highest BCUT2D eigenvalue weighted by Gasteiger charge is 2.58. The molecule has 0 aliphatic heterocycles. The summed E-state index contributed by atoms with van der Waals surface area (Å²) >= 11 is 0. The van der Waals surface area contributed by atoms with E-state index in [0.717, 1.165) is 37.7 Å². The van der Waals surface area contributed by atoms with E-state index in [0.29, 0.717) is 23.7 Å². The van der Waals surface area contributed by atoms with Gasteiger partial charge >= 0.3 is 11.8 Å². The summed E-state index contributed by atoms with van der Waals surface area (Å²) in [6, 6.07) is 3.50. The monoisotopic (exact) mass is 412 g/mol. The number of hydrogen-bond acceptors (Lipinski definition) is 4. The fourth-order valence-electron chi connectivity index (χ4n) is 7.87. The zero-order valence-electron chi connectivity index (χ0n) is 17.9. The lowest BCUT2D eigenvalue weighted by Crippen LogP contribution is -2.52. The summed E-state index contributed by atoms with van der Waals surface area (Å²) in [7, 11) is 0. The van der Waals surface area contributed by atoms with E-state index in [2.05, 4.69) is 19.9 Å². The Balaban J connectivity index is 1.38. The zero-order valence-corrected chi connectivity index (χ0v) is 17.9. The predicted octanol–water partition coefficient (Wildman–Crippen LogP) is 5.75. The smallest absolute Gasteiger partial charge is 0.450 e. The molecule has 4 aliphatic rings. The molecule has 3 saturated carbocycles. The number of carbonyl (C=O) groups is 1. The third-order valence-corrected chi connectivity index (χ3v) is 9.41. The van der Waals surface area contributed by atoms with Gasteiger partial charge in [0.15, 0.2) is 0 Å². The number of carboxylic acid groups (broad SMARTS) is 1. The molecule has 5 rings (SSSR count). The Hall–Kier alpha value is -2.04. The van der Waals surface area contributed by atoms with Crippen LogP contribution in [0.5, 0.6) is 0 Å². The summed E-state index contributed by atoms with van der Waals surface area (Å²) in [4.78, 5) is 22.4. The third-order valence-electron chi connectivity index (χ3n) is 9.41. The molecule has 7 atom stereocenters. The third kappa shape index (κ3) is 2.96. The van der Waals surface area contributed by atoms with Gasteiger partial charge in [-0.3, -0.25) is 0 Å². The van der Waals surface area contributed by atoms with Gasteiger partial charge in [-0.25, -0.2) is 9.59 Å². The highest BCUT2D eigenvalue weighted by atomic mass is 16.7. The van der Waals surface area contributed by atoms with Gasteiger partial charge < -0.3 is 14.3 Å². The van der Waals surface area contributed by atoms with Gasteiger partial charge in [0.2, 0.25) is 0 Å². The van der Waals surface area contributed by atoms with E-state index in [4.69, 9.17) is 14.3 Å². The van der Waals surface area contributed by atoms with Crippen LogP contribution >= 0.6 is 0 Å². The van der Waals surface area contributed by atoms with Crippen LogP contribution in [0.4, 0.5) is 4.79 Å². The summed E-state index contributed by atoms with van der Waals surface area (Å²) in [6.07, 6.45) is 11.5. The molecule has 30 heavy (non-hydrogen) atoms. The summed E-state index contributed by atoms with van der Waals surface area (Å²) < 4.78 is 10.3. The number of rotatable bonds is 2. The summed E-state index contributed by atoms with van der Waals surface area (Å²) in [5.41, 5.74) is 2.92. The number of allylic oxidation sites excluding steroid dienone is 2. The fraction of sp³-hybridized carbons (Fsp3) is 0.680. The average molecular weight is 413 g/mol. The second kappa shape index (κ2) is 7.00. The number of fused-ring (bicyclic) bond motifs is 5. The summed E-state index contributed by atoms with van der Waals surface area (Å²) in [5, 5.41) is 9.02. The first kappa shape index (κ1) is 19.9. The van der Waals surface area contributed by atoms with Gasteiger partial charge in [-0.15, -0.1) is 0 Å². The van der Waals surface area contributed by atoms with E-state index in [1.165, 1.54) is 19.3 Å². The Kier molecular flexibility index (Phi) is 4.64. The van der Waals surface area contributed by atoms with Gasteiger partial charge in [0.1, 0.15) is 6.10 Å². The molecule has 1 aromatic heterocycles. The molecule has 1 N–H and O–H groups in total. The van der Waals surface area contributed by atoms with Crippen LogP contribution in [0, 0.1) is 28.6 Å². The zero-order chi connectivity index (χ0) is 21.1. The molecule has 0 saturated heterocycles. The fourth-order valence-corrected chi connectivity index (χ4v) is 7.87. The van der Waals surface area contributed by atoms with Crippen molar-refractivity contribution in [3.8, 4) is 0 Å². The minimum atomic E-state index is -1.13. The van der Waals surface area contributed by atoms with E-state index in [1.54, 1.807) is 17.9 Å². The van der Waals surface area contributed by atoms with Crippen LogP contribution in [0.2, 0.25) is 0 Å². The van der Waals surface area contributed by atoms with E-state index in [1.807, 2.05) is 6.07 Å². The Bertz CT molecular complexity index is 911. The molecule has 1 heterocycles. The molecule has 0 radical (unpaired) electrons. The Morgan fingerprint density at radius 3 is 2.73 bits per heavy atom. The average Bonchev–Trinajstić information content (AvgIpc) is 3.06. The molecule has 1 aromatic rings. The Labute approximate surface area is 177 Å². The molecule has 5 nitrogen and oxygen atoms in total. The maximum absolute atomic E-state index is 11.4. The van der Waals surface area contributed by atoms with E-state index < -0.39 is 6.16 Å². The number of hydrogen-bond donors (Lipinski definition) is 1. The van der Waals surface area contributed by atoms with Gasteiger partial charge in [0, 0.05) is 6.07 Å². The lowest BCUT2D eigenvalue weighted by Gasteiger charge is -2.59. The minimum absolute atomic E-state index is 0.131. The number of ether oxygens (including phenoxy) is 1. The molecule has 0 bridgehead atoms. The molecule has 0 amide bonds. The normalized spacial score (nSPS) is 42.5. The molecule has 3 fully saturated rings. The van der Waals surface area contributed by atoms with Crippen LogP contribution < -0.4 is 5.63 Å². The summed E-state index contributed by atoms with van der Waals surface area (Å²) in [5.74, 6) is 2.25. The second-order valence-corrected chi connectivity index (χ2v) is 10.6. The van der Waals surface area contributed by atoms with Crippen LogP contribution in [-0.4, -0.2) is 17.4 Å². The van der Waals surface area contributed by atoms with Crippen molar-refractivity contribution in [3.05, 3.63) is 46.0 Å². The second-order valence-electron chi connectivity index (χ2n) is 10.6. The first-order valence-corrected chi connectivity index (χ1v) is 11.5. The van der Waals surface area contributed by atoms with Crippen LogP contribution in [0.25, 0.3) is 0 Å². The van der Waals surface area contributed by atoms with Crippen molar-refractivity contribution in [1.82, 2.24) is 0 Å². The van der Waals surface area contributed by atoms with Crippen molar-refractivity contribution in [2.45, 2.75) is 77.2 Å². The molecule has 0 unspecified atom stereocenters. The van der Waals surface area contributed by atoms with Gasteiger partial charge in [0.05, 0.1) is 6.26 Å². The molecule has 0 spiro atoms. The van der Waals surface area contributed by atoms with Crippen LogP contribution in [-0.2, 0) is 4.74 Å². The van der Waals surface area contributed by atoms with Crippen molar-refractivity contribution in [3.63, 3.8) is 0 Å². The minimum Gasteiger partial charge on any atom is -0.450 e. The SMILES string of the molecule is C[C@]12CC[C@H](OC(=O)O)C[C@H]1CC[C@H]1C3=CC[C@H](c4ccc(=O)oc4)[C@@]3(C)CC[C@@H]12. The molecular weight excluding hydrogens is 380 g/mol. The topological polar surface area (TPSA) is 76.7 Å². The Morgan fingerprint density at radius 1 is 1.17 bits per heavy atom. The molecule has 4 aliphatic carbocycles. The van der Waals surface area contributed by atoms with Gasteiger partial charge in [-0.2, -0.15) is 0 Å². The van der Waals surface area contributed by atoms with Crippen LogP contribution in [0.15, 0.2) is 39.3 Å². The molecule has 162 valence electrons. The lowest BCUT2D eigenvalue weighted by molar-refractivity contribution is -0.0888. The van der Waals surface area contributed by atoms with Gasteiger partial charge in [-0.05, 0) is 97.5 Å². The first-order valence-electron chi connectivity index (χ1n) is 11.5. The van der Waals surface area contributed by atoms with Crippen molar-refractivity contribution in [2.24, 2.45) is 28.6 Å². The van der Waals surface area contributed by atoms with E-state index >= 15 is 0 Å². The first-order chi connectivity index (χ1) is 14.3. The highest BCUT2D eigenvalue weighted by Crippen LogP contribution is 2.67. The van der Waals surface area contributed by atoms with Gasteiger partial charge in [-0.1, -0.05) is 25.5 Å². The van der Waals surface area contributed by atoms with Crippen LogP contribution in [0.1, 0.15) is 76.7 Å². The maximum atomic E-state index is 11.4. The van der Waals surface area contributed by atoms with Crippen molar-refractivity contribution in [1.29, 1.82) is 0 Å². The maximum Gasteiger partial charge on any atom is 0.506 e. The summed E-state index contributed by atoms with van der Waals surface area (Å²) in [6.45, 7) is 4.89. The molecule has 0 aromatic carbocycles. The lowest BCUT2D eigenvalue weighted by atomic mass is 9.46. The van der Waals surface area contributed by atoms with Crippen molar-refractivity contribution >= 4 is 6.16 Å². The van der Waals surface area contributed by atoms with Crippen molar-refractivity contribution < 1.29 is 19.1 Å². The molecular formula is C25H32O5. The van der Waals surface area contributed by atoms with Crippen LogP contribution in [0.3, 0.4) is 0 Å². The van der Waals surface area contributed by atoms with E-state index in [9.17, 15) is 9.59 Å². The predicted molar refractivity (Wildman–Crippen MR) is 112 cm³/mol. The highest BCUT2D eigenvalue weighted by molar-refractivity contribution is 5.57. The standard InChI is InChI=1S/C25H32O5/c1-24-11-9-17(30-23(27)28)13-16(24)4-5-18-20-7-6-19(15-3-8-22(26)29-14-15)25(20,2)12-10-21(18)24/h3,7-8,14,16-19,21H,4-6,9-13H2,1-2H3,(H,27,28)/t16-,17+,18+,19-,21+,24+,25-/m1/s1. The Morgan fingerprint density at radius 2 is 2.00 bits per heavy atom. The van der Waals surface area contributed by atoms with Gasteiger partial charge in [0.25, 0.3) is 0 Å². The molecule has 5 heteroatoms. The van der Waals surface area contributed by atoms with E-state index in [-0.39, 0.29) is 22.6 Å². The van der Waals surface area contributed by atoms with Crippen molar-refractivity contribution in [2.75, 3.05) is 0 Å².